The Hall–Kier alpha value is -0.700. The minimum absolute atomic E-state index is 0.0692. The quantitative estimate of drug-likeness (QED) is 0.535. The average Bonchev–Trinajstić information content (AvgIpc) is 3.22. The highest BCUT2D eigenvalue weighted by Crippen LogP contribution is 2.29. The van der Waals surface area contributed by atoms with E-state index >= 15 is 0 Å². The van der Waals surface area contributed by atoms with E-state index in [9.17, 15) is 12.8 Å². The Bertz CT molecular complexity index is 606. The van der Waals surface area contributed by atoms with E-state index in [0.29, 0.717) is 18.9 Å². The molecule has 5 nitrogen and oxygen atoms in total. The molecular weight excluding hydrogens is 363 g/mol. The van der Waals surface area contributed by atoms with Crippen molar-refractivity contribution in [2.75, 3.05) is 25.5 Å². The van der Waals surface area contributed by atoms with Crippen molar-refractivity contribution in [3.63, 3.8) is 0 Å². The Kier molecular flexibility index (Phi) is 5.59. The molecule has 0 aromatic heterocycles. The number of halogens is 2. The summed E-state index contributed by atoms with van der Waals surface area (Å²) in [5, 5.41) is 0. The zero-order chi connectivity index (χ0) is 15.5. The van der Waals surface area contributed by atoms with Gasteiger partial charge in [-0.1, -0.05) is 0 Å². The maximum Gasteiger partial charge on any atom is 0.241 e. The van der Waals surface area contributed by atoms with Crippen molar-refractivity contribution >= 4 is 31.6 Å². The first kappa shape index (κ1) is 16.7. The fraction of sp³-hybridized carbons (Fsp3) is 0.538. The molecule has 0 atom stereocenters. The van der Waals surface area contributed by atoms with Gasteiger partial charge in [-0.3, -0.25) is 0 Å². The molecule has 2 rings (SSSR count). The predicted molar refractivity (Wildman–Crippen MR) is 81.9 cm³/mol. The molecule has 118 valence electrons. The van der Waals surface area contributed by atoms with Crippen molar-refractivity contribution < 1.29 is 17.5 Å². The van der Waals surface area contributed by atoms with Crippen molar-refractivity contribution in [1.82, 2.24) is 4.72 Å². The van der Waals surface area contributed by atoms with Crippen LogP contribution in [0.4, 0.5) is 10.1 Å². The van der Waals surface area contributed by atoms with Crippen LogP contribution in [0.25, 0.3) is 0 Å². The molecule has 0 unspecified atom stereocenters. The molecule has 0 bridgehead atoms. The van der Waals surface area contributed by atoms with Crippen LogP contribution in [0.3, 0.4) is 0 Å². The molecule has 0 amide bonds. The molecule has 3 N–H and O–H groups in total. The lowest BCUT2D eigenvalue weighted by atomic mass is 10.3. The van der Waals surface area contributed by atoms with Crippen LogP contribution in [0.2, 0.25) is 0 Å². The molecule has 1 aliphatic carbocycles. The second-order valence-corrected chi connectivity index (χ2v) is 7.66. The number of nitrogen functional groups attached to an aromatic ring is 1. The second kappa shape index (κ2) is 7.04. The van der Waals surface area contributed by atoms with Crippen LogP contribution in [0, 0.1) is 11.7 Å². The summed E-state index contributed by atoms with van der Waals surface area (Å²) in [5.41, 5.74) is 5.20. The predicted octanol–water partition coefficient (Wildman–Crippen LogP) is 2.27. The maximum atomic E-state index is 13.2. The third-order valence-electron chi connectivity index (χ3n) is 3.15. The molecule has 1 fully saturated rings. The van der Waals surface area contributed by atoms with Gasteiger partial charge in [0.05, 0.1) is 10.6 Å². The van der Waals surface area contributed by atoms with Crippen LogP contribution in [0.1, 0.15) is 19.3 Å². The van der Waals surface area contributed by atoms with Crippen LogP contribution in [-0.4, -0.2) is 28.2 Å². The van der Waals surface area contributed by atoms with E-state index in [-0.39, 0.29) is 21.6 Å². The SMILES string of the molecule is Nc1cc(S(=O)(=O)NCCCOCC2CC2)c(Br)cc1F. The Balaban J connectivity index is 1.84. The number of nitrogens with two attached hydrogens (primary N) is 1. The van der Waals surface area contributed by atoms with Gasteiger partial charge in [0.25, 0.3) is 0 Å². The van der Waals surface area contributed by atoms with Crippen molar-refractivity contribution in [2.24, 2.45) is 5.92 Å². The van der Waals surface area contributed by atoms with Gasteiger partial charge in [0, 0.05) is 24.2 Å². The van der Waals surface area contributed by atoms with Gasteiger partial charge >= 0.3 is 0 Å². The molecule has 1 aromatic rings. The molecule has 0 spiro atoms. The Labute approximate surface area is 132 Å². The standard InChI is InChI=1S/C13H18BrFN2O3S/c14-10-6-11(15)12(16)7-13(10)21(18,19)17-4-1-5-20-8-9-2-3-9/h6-7,9,17H,1-5,8,16H2. The van der Waals surface area contributed by atoms with E-state index in [0.717, 1.165) is 18.7 Å². The largest absolute Gasteiger partial charge is 0.396 e. The number of hydrogen-bond acceptors (Lipinski definition) is 4. The summed E-state index contributed by atoms with van der Waals surface area (Å²) in [6.07, 6.45) is 3.04. The van der Waals surface area contributed by atoms with Crippen LogP contribution in [0.15, 0.2) is 21.5 Å². The van der Waals surface area contributed by atoms with Gasteiger partial charge < -0.3 is 10.5 Å². The lowest BCUT2D eigenvalue weighted by Crippen LogP contribution is -2.26. The summed E-state index contributed by atoms with van der Waals surface area (Å²) in [6, 6.07) is 2.15. The molecule has 1 aliphatic rings. The van der Waals surface area contributed by atoms with E-state index < -0.39 is 15.8 Å². The van der Waals surface area contributed by atoms with Crippen molar-refractivity contribution in [1.29, 1.82) is 0 Å². The summed E-state index contributed by atoms with van der Waals surface area (Å²) < 4.78 is 45.5. The molecule has 0 saturated heterocycles. The zero-order valence-electron chi connectivity index (χ0n) is 11.4. The number of anilines is 1. The Morgan fingerprint density at radius 1 is 1.43 bits per heavy atom. The fourth-order valence-corrected chi connectivity index (χ4v) is 3.86. The van der Waals surface area contributed by atoms with Crippen LogP contribution in [0.5, 0.6) is 0 Å². The lowest BCUT2D eigenvalue weighted by molar-refractivity contribution is 0.123. The van der Waals surface area contributed by atoms with E-state index in [1.807, 2.05) is 0 Å². The first-order valence-corrected chi connectivity index (χ1v) is 8.99. The van der Waals surface area contributed by atoms with E-state index in [2.05, 4.69) is 20.7 Å². The van der Waals surface area contributed by atoms with Gasteiger partial charge in [-0.15, -0.1) is 0 Å². The molecule has 1 saturated carbocycles. The number of nitrogens with one attached hydrogen (secondary N) is 1. The highest BCUT2D eigenvalue weighted by atomic mass is 79.9. The zero-order valence-corrected chi connectivity index (χ0v) is 13.8. The molecule has 8 heteroatoms. The molecule has 0 heterocycles. The topological polar surface area (TPSA) is 81.4 Å². The van der Waals surface area contributed by atoms with Crippen molar-refractivity contribution in [2.45, 2.75) is 24.2 Å². The van der Waals surface area contributed by atoms with Gasteiger partial charge in [-0.25, -0.2) is 17.5 Å². The fourth-order valence-electron chi connectivity index (χ4n) is 1.74. The molecule has 21 heavy (non-hydrogen) atoms. The monoisotopic (exact) mass is 380 g/mol. The van der Waals surface area contributed by atoms with Crippen LogP contribution < -0.4 is 10.5 Å². The Morgan fingerprint density at radius 2 is 2.14 bits per heavy atom. The second-order valence-electron chi connectivity index (χ2n) is 5.07. The lowest BCUT2D eigenvalue weighted by Gasteiger charge is -2.10. The summed E-state index contributed by atoms with van der Waals surface area (Å²) in [4.78, 5) is -0.0692. The van der Waals surface area contributed by atoms with E-state index in [1.165, 1.54) is 12.8 Å². The van der Waals surface area contributed by atoms with Gasteiger partial charge in [0.2, 0.25) is 10.0 Å². The minimum Gasteiger partial charge on any atom is -0.396 e. The molecule has 0 radical (unpaired) electrons. The molecular formula is C13H18BrFN2O3S. The van der Waals surface area contributed by atoms with Gasteiger partial charge in [-0.2, -0.15) is 0 Å². The molecule has 0 aliphatic heterocycles. The van der Waals surface area contributed by atoms with Gasteiger partial charge in [0.1, 0.15) is 5.82 Å². The summed E-state index contributed by atoms with van der Waals surface area (Å²) in [5.74, 6) is 0.0362. The third-order valence-corrected chi connectivity index (χ3v) is 5.57. The molecule has 1 aromatic carbocycles. The first-order chi connectivity index (χ1) is 9.90. The minimum atomic E-state index is -3.72. The smallest absolute Gasteiger partial charge is 0.241 e. The van der Waals surface area contributed by atoms with Crippen LogP contribution >= 0.6 is 15.9 Å². The van der Waals surface area contributed by atoms with Crippen molar-refractivity contribution in [3.8, 4) is 0 Å². The number of hydrogen-bond donors (Lipinski definition) is 2. The highest BCUT2D eigenvalue weighted by Gasteiger charge is 2.21. The van der Waals surface area contributed by atoms with Gasteiger partial charge in [-0.05, 0) is 53.2 Å². The van der Waals surface area contributed by atoms with Gasteiger partial charge in [0.15, 0.2) is 0 Å². The summed E-state index contributed by atoms with van der Waals surface area (Å²) >= 11 is 3.03. The first-order valence-electron chi connectivity index (χ1n) is 6.72. The van der Waals surface area contributed by atoms with Crippen molar-refractivity contribution in [3.05, 3.63) is 22.4 Å². The number of ether oxygens (including phenoxy) is 1. The highest BCUT2D eigenvalue weighted by molar-refractivity contribution is 9.10. The van der Waals surface area contributed by atoms with E-state index in [1.54, 1.807) is 0 Å². The average molecular weight is 381 g/mol. The number of benzene rings is 1. The van der Waals surface area contributed by atoms with Crippen LogP contribution in [-0.2, 0) is 14.8 Å². The summed E-state index contributed by atoms with van der Waals surface area (Å²) in [7, 11) is -3.72. The maximum absolute atomic E-state index is 13.2. The Morgan fingerprint density at radius 3 is 2.81 bits per heavy atom. The van der Waals surface area contributed by atoms with E-state index in [4.69, 9.17) is 10.5 Å². The third kappa shape index (κ3) is 4.91. The number of rotatable bonds is 8. The number of sulfonamides is 1. The normalized spacial score (nSPS) is 15.3. The summed E-state index contributed by atoms with van der Waals surface area (Å²) in [6.45, 7) is 1.54.